The van der Waals surface area contributed by atoms with E-state index in [1.807, 2.05) is 12.1 Å². The third kappa shape index (κ3) is 3.08. The third-order valence-corrected chi connectivity index (χ3v) is 4.40. The maximum atomic E-state index is 12.4. The van der Waals surface area contributed by atoms with Gasteiger partial charge in [0, 0.05) is 37.9 Å². The molecule has 0 radical (unpaired) electrons. The molecule has 0 spiro atoms. The number of aromatic nitrogens is 1. The summed E-state index contributed by atoms with van der Waals surface area (Å²) in [5, 5.41) is 2.91. The first-order valence-electron chi connectivity index (χ1n) is 7.91. The van der Waals surface area contributed by atoms with Crippen LogP contribution in [0.3, 0.4) is 0 Å². The summed E-state index contributed by atoms with van der Waals surface area (Å²) in [6.07, 6.45) is 2.41. The molecule has 3 N–H and O–H groups in total. The van der Waals surface area contributed by atoms with Crippen LogP contribution in [0.5, 0.6) is 0 Å². The van der Waals surface area contributed by atoms with Gasteiger partial charge in [-0.2, -0.15) is 0 Å². The van der Waals surface area contributed by atoms with E-state index in [0.717, 1.165) is 13.0 Å². The van der Waals surface area contributed by atoms with Crippen molar-refractivity contribution >= 4 is 17.5 Å². The maximum Gasteiger partial charge on any atom is 0.268 e. The SMILES string of the molecule is CN1CCC(CNC(=O)c2cccnc2C(N)=O)c2ccccc21. The molecule has 0 bridgehead atoms. The Labute approximate surface area is 140 Å². The molecule has 1 aromatic carbocycles. The van der Waals surface area contributed by atoms with Crippen molar-refractivity contribution in [1.82, 2.24) is 10.3 Å². The molecular weight excluding hydrogens is 304 g/mol. The largest absolute Gasteiger partial charge is 0.374 e. The molecule has 6 heteroatoms. The fraction of sp³-hybridized carbons (Fsp3) is 0.278. The molecule has 0 aliphatic carbocycles. The molecule has 124 valence electrons. The molecule has 3 rings (SSSR count). The minimum atomic E-state index is -0.703. The van der Waals surface area contributed by atoms with Gasteiger partial charge in [-0.3, -0.25) is 14.6 Å². The highest BCUT2D eigenvalue weighted by atomic mass is 16.2. The van der Waals surface area contributed by atoms with Gasteiger partial charge in [0.05, 0.1) is 5.56 Å². The number of hydrogen-bond acceptors (Lipinski definition) is 4. The number of nitrogens with one attached hydrogen (secondary N) is 1. The molecule has 1 unspecified atom stereocenters. The highest BCUT2D eigenvalue weighted by Crippen LogP contribution is 2.33. The second kappa shape index (κ2) is 6.70. The molecule has 1 aliphatic rings. The topological polar surface area (TPSA) is 88.3 Å². The number of carbonyl (C=O) groups excluding carboxylic acids is 2. The lowest BCUT2D eigenvalue weighted by Crippen LogP contribution is -2.35. The van der Waals surface area contributed by atoms with Crippen molar-refractivity contribution < 1.29 is 9.59 Å². The van der Waals surface area contributed by atoms with Crippen LogP contribution >= 0.6 is 0 Å². The van der Waals surface area contributed by atoms with Gasteiger partial charge in [0.2, 0.25) is 0 Å². The molecule has 1 aromatic heterocycles. The predicted octanol–water partition coefficient (Wildman–Crippen LogP) is 1.53. The van der Waals surface area contributed by atoms with Gasteiger partial charge in [0.1, 0.15) is 5.69 Å². The number of anilines is 1. The van der Waals surface area contributed by atoms with Crippen LogP contribution in [0.15, 0.2) is 42.6 Å². The molecule has 2 heterocycles. The summed E-state index contributed by atoms with van der Waals surface area (Å²) >= 11 is 0. The normalized spacial score (nSPS) is 16.4. The van der Waals surface area contributed by atoms with E-state index in [1.165, 1.54) is 17.4 Å². The van der Waals surface area contributed by atoms with Gasteiger partial charge in [-0.15, -0.1) is 0 Å². The Morgan fingerprint density at radius 1 is 1.29 bits per heavy atom. The zero-order chi connectivity index (χ0) is 17.1. The van der Waals surface area contributed by atoms with E-state index in [-0.39, 0.29) is 23.1 Å². The Balaban J connectivity index is 1.74. The van der Waals surface area contributed by atoms with E-state index >= 15 is 0 Å². The summed E-state index contributed by atoms with van der Waals surface area (Å²) in [6.45, 7) is 1.45. The van der Waals surface area contributed by atoms with Crippen LogP contribution in [-0.4, -0.2) is 36.9 Å². The number of fused-ring (bicyclic) bond motifs is 1. The van der Waals surface area contributed by atoms with Gasteiger partial charge in [0.25, 0.3) is 11.8 Å². The standard InChI is InChI=1S/C18H20N4O2/c1-22-10-8-12(13-5-2-3-7-15(13)22)11-21-18(24)14-6-4-9-20-16(14)17(19)23/h2-7,9,12H,8,10-11H2,1H3,(H2,19,23)(H,21,24). The minimum absolute atomic E-state index is 0.00113. The number of benzene rings is 1. The molecule has 24 heavy (non-hydrogen) atoms. The fourth-order valence-electron chi connectivity index (χ4n) is 3.11. The molecule has 1 aliphatic heterocycles. The van der Waals surface area contributed by atoms with Gasteiger partial charge < -0.3 is 16.0 Å². The predicted molar refractivity (Wildman–Crippen MR) is 92.2 cm³/mol. The van der Waals surface area contributed by atoms with Crippen molar-refractivity contribution in [2.24, 2.45) is 5.73 Å². The van der Waals surface area contributed by atoms with Gasteiger partial charge in [-0.25, -0.2) is 0 Å². The Bertz CT molecular complexity index is 775. The molecular formula is C18H20N4O2. The van der Waals surface area contributed by atoms with Crippen molar-refractivity contribution in [2.45, 2.75) is 12.3 Å². The number of rotatable bonds is 4. The van der Waals surface area contributed by atoms with Crippen LogP contribution in [0, 0.1) is 0 Å². The Kier molecular flexibility index (Phi) is 4.46. The number of pyridine rings is 1. The zero-order valence-electron chi connectivity index (χ0n) is 13.5. The van der Waals surface area contributed by atoms with Crippen molar-refractivity contribution in [3.63, 3.8) is 0 Å². The molecule has 2 aromatic rings. The average molecular weight is 324 g/mol. The van der Waals surface area contributed by atoms with Gasteiger partial charge in [-0.05, 0) is 30.2 Å². The highest BCUT2D eigenvalue weighted by Gasteiger charge is 2.24. The number of amides is 2. The van der Waals surface area contributed by atoms with E-state index in [1.54, 1.807) is 12.1 Å². The molecule has 6 nitrogen and oxygen atoms in total. The summed E-state index contributed by atoms with van der Waals surface area (Å²) in [5.74, 6) is -0.784. The molecule has 0 fully saturated rings. The van der Waals surface area contributed by atoms with E-state index in [9.17, 15) is 9.59 Å². The molecule has 0 saturated heterocycles. The zero-order valence-corrected chi connectivity index (χ0v) is 13.5. The average Bonchev–Trinajstić information content (AvgIpc) is 2.61. The Morgan fingerprint density at radius 3 is 2.88 bits per heavy atom. The first kappa shape index (κ1) is 16.0. The van der Waals surface area contributed by atoms with Crippen molar-refractivity contribution in [2.75, 3.05) is 25.0 Å². The van der Waals surface area contributed by atoms with Crippen LogP contribution in [0.1, 0.15) is 38.7 Å². The summed E-state index contributed by atoms with van der Waals surface area (Å²) in [5.41, 5.74) is 7.92. The van der Waals surface area contributed by atoms with Crippen LogP contribution in [0.25, 0.3) is 0 Å². The van der Waals surface area contributed by atoms with Gasteiger partial charge in [-0.1, -0.05) is 18.2 Å². The van der Waals surface area contributed by atoms with E-state index < -0.39 is 5.91 Å². The monoisotopic (exact) mass is 324 g/mol. The second-order valence-electron chi connectivity index (χ2n) is 5.94. The van der Waals surface area contributed by atoms with Crippen LogP contribution in [0.2, 0.25) is 0 Å². The maximum absolute atomic E-state index is 12.4. The Hall–Kier alpha value is -2.89. The van der Waals surface area contributed by atoms with E-state index in [2.05, 4.69) is 34.4 Å². The molecule has 0 saturated carbocycles. The van der Waals surface area contributed by atoms with Crippen LogP contribution < -0.4 is 16.0 Å². The third-order valence-electron chi connectivity index (χ3n) is 4.40. The number of para-hydroxylation sites is 1. The number of primary amides is 1. The number of nitrogens with zero attached hydrogens (tertiary/aromatic N) is 2. The van der Waals surface area contributed by atoms with Crippen LogP contribution in [-0.2, 0) is 0 Å². The van der Waals surface area contributed by atoms with Crippen molar-refractivity contribution in [1.29, 1.82) is 0 Å². The summed E-state index contributed by atoms with van der Waals surface area (Å²) in [6, 6.07) is 11.4. The number of hydrogen-bond donors (Lipinski definition) is 2. The summed E-state index contributed by atoms with van der Waals surface area (Å²) in [7, 11) is 2.07. The fourth-order valence-corrected chi connectivity index (χ4v) is 3.11. The lowest BCUT2D eigenvalue weighted by Gasteiger charge is -2.33. The van der Waals surface area contributed by atoms with Gasteiger partial charge in [0.15, 0.2) is 0 Å². The number of nitrogens with two attached hydrogens (primary N) is 1. The highest BCUT2D eigenvalue weighted by molar-refractivity contribution is 6.05. The van der Waals surface area contributed by atoms with Crippen molar-refractivity contribution in [3.05, 3.63) is 59.4 Å². The van der Waals surface area contributed by atoms with E-state index in [4.69, 9.17) is 5.73 Å². The Morgan fingerprint density at radius 2 is 2.08 bits per heavy atom. The van der Waals surface area contributed by atoms with Crippen LogP contribution in [0.4, 0.5) is 5.69 Å². The first-order chi connectivity index (χ1) is 11.6. The molecule has 2 amide bonds. The lowest BCUT2D eigenvalue weighted by molar-refractivity contribution is 0.0931. The van der Waals surface area contributed by atoms with E-state index in [0.29, 0.717) is 6.54 Å². The minimum Gasteiger partial charge on any atom is -0.374 e. The second-order valence-corrected chi connectivity index (χ2v) is 5.94. The molecule has 1 atom stereocenters. The van der Waals surface area contributed by atoms with Gasteiger partial charge >= 0.3 is 0 Å². The van der Waals surface area contributed by atoms with Crippen molar-refractivity contribution in [3.8, 4) is 0 Å². The lowest BCUT2D eigenvalue weighted by atomic mass is 9.90. The summed E-state index contributed by atoms with van der Waals surface area (Å²) in [4.78, 5) is 29.9. The number of carbonyl (C=O) groups is 2. The first-order valence-corrected chi connectivity index (χ1v) is 7.91. The smallest absolute Gasteiger partial charge is 0.268 e. The summed E-state index contributed by atoms with van der Waals surface area (Å²) < 4.78 is 0. The quantitative estimate of drug-likeness (QED) is 0.893.